The maximum atomic E-state index is 11.8. The largest absolute Gasteiger partial charge is 0.334 e. The van der Waals surface area contributed by atoms with Crippen LogP contribution in [-0.4, -0.2) is 27.3 Å². The van der Waals surface area contributed by atoms with Gasteiger partial charge in [0.05, 0.1) is 18.2 Å². The lowest BCUT2D eigenvalue weighted by molar-refractivity contribution is 0.584. The SMILES string of the molecule is Cc1cn(S(=O)(=O)c2cnc[nH]2)cn1. The van der Waals surface area contributed by atoms with Gasteiger partial charge in [0.1, 0.15) is 6.33 Å². The Morgan fingerprint density at radius 3 is 2.79 bits per heavy atom. The van der Waals surface area contributed by atoms with E-state index >= 15 is 0 Å². The van der Waals surface area contributed by atoms with E-state index in [4.69, 9.17) is 0 Å². The molecule has 0 aliphatic rings. The number of imidazole rings is 2. The molecule has 0 bridgehead atoms. The van der Waals surface area contributed by atoms with E-state index in [1.807, 2.05) is 0 Å². The molecule has 0 saturated heterocycles. The second-order valence-corrected chi connectivity index (χ2v) is 4.58. The first-order valence-electron chi connectivity index (χ1n) is 3.85. The summed E-state index contributed by atoms with van der Waals surface area (Å²) in [6, 6.07) is 0. The summed E-state index contributed by atoms with van der Waals surface area (Å²) < 4.78 is 24.6. The van der Waals surface area contributed by atoms with Gasteiger partial charge in [-0.25, -0.2) is 13.9 Å². The highest BCUT2D eigenvalue weighted by Gasteiger charge is 2.17. The number of nitrogens with one attached hydrogen (secondary N) is 1. The van der Waals surface area contributed by atoms with Gasteiger partial charge in [0.25, 0.3) is 10.0 Å². The van der Waals surface area contributed by atoms with E-state index in [0.717, 1.165) is 3.97 Å². The van der Waals surface area contributed by atoms with E-state index in [1.54, 1.807) is 6.92 Å². The summed E-state index contributed by atoms with van der Waals surface area (Å²) >= 11 is 0. The molecule has 0 radical (unpaired) electrons. The summed E-state index contributed by atoms with van der Waals surface area (Å²) in [5, 5.41) is 0.0508. The standard InChI is InChI=1S/C7H8N4O2S/c1-6-3-11(5-10-6)14(12,13)7-2-8-4-9-7/h2-5H,1H3,(H,8,9). The van der Waals surface area contributed by atoms with Crippen molar-refractivity contribution in [2.24, 2.45) is 0 Å². The average molecular weight is 212 g/mol. The predicted octanol–water partition coefficient (Wildman–Crippen LogP) is 0.152. The summed E-state index contributed by atoms with van der Waals surface area (Å²) in [5.74, 6) is 0. The summed E-state index contributed by atoms with van der Waals surface area (Å²) in [7, 11) is -3.54. The Morgan fingerprint density at radius 1 is 1.50 bits per heavy atom. The Kier molecular flexibility index (Phi) is 1.88. The molecule has 14 heavy (non-hydrogen) atoms. The summed E-state index contributed by atoms with van der Waals surface area (Å²) in [5.41, 5.74) is 0.646. The van der Waals surface area contributed by atoms with Crippen molar-refractivity contribution in [3.63, 3.8) is 0 Å². The number of hydrogen-bond donors (Lipinski definition) is 1. The van der Waals surface area contributed by atoms with Gasteiger partial charge in [0.15, 0.2) is 5.03 Å². The molecule has 0 aliphatic heterocycles. The minimum absolute atomic E-state index is 0.0508. The maximum Gasteiger partial charge on any atom is 0.286 e. The number of aromatic amines is 1. The molecule has 2 heterocycles. The monoisotopic (exact) mass is 212 g/mol. The van der Waals surface area contributed by atoms with Gasteiger partial charge in [-0.3, -0.25) is 0 Å². The van der Waals surface area contributed by atoms with E-state index in [1.165, 1.54) is 25.0 Å². The molecule has 2 rings (SSSR count). The zero-order chi connectivity index (χ0) is 10.2. The van der Waals surface area contributed by atoms with Gasteiger partial charge < -0.3 is 4.98 Å². The fourth-order valence-electron chi connectivity index (χ4n) is 1.03. The lowest BCUT2D eigenvalue weighted by Crippen LogP contribution is -2.11. The molecule has 74 valence electrons. The van der Waals surface area contributed by atoms with E-state index in [2.05, 4.69) is 15.0 Å². The number of nitrogens with zero attached hydrogens (tertiary/aromatic N) is 3. The number of rotatable bonds is 2. The Labute approximate surface area is 80.7 Å². The van der Waals surface area contributed by atoms with Crippen LogP contribution in [0.5, 0.6) is 0 Å². The van der Waals surface area contributed by atoms with E-state index in [-0.39, 0.29) is 5.03 Å². The van der Waals surface area contributed by atoms with Crippen LogP contribution >= 0.6 is 0 Å². The third-order valence-electron chi connectivity index (χ3n) is 1.72. The number of aromatic nitrogens is 4. The van der Waals surface area contributed by atoms with Crippen LogP contribution in [0.15, 0.2) is 30.1 Å². The molecule has 2 aromatic heterocycles. The second kappa shape index (κ2) is 2.95. The lowest BCUT2D eigenvalue weighted by atomic mass is 10.6. The summed E-state index contributed by atoms with van der Waals surface area (Å²) in [4.78, 5) is 10.0. The molecule has 0 aliphatic carbocycles. The first-order valence-corrected chi connectivity index (χ1v) is 5.29. The molecule has 0 atom stereocenters. The van der Waals surface area contributed by atoms with Crippen LogP contribution in [-0.2, 0) is 10.0 Å². The van der Waals surface area contributed by atoms with Crippen molar-refractivity contribution in [3.05, 3.63) is 30.7 Å². The van der Waals surface area contributed by atoms with E-state index < -0.39 is 10.0 Å². The molecule has 0 spiro atoms. The lowest BCUT2D eigenvalue weighted by Gasteiger charge is -1.99. The van der Waals surface area contributed by atoms with Gasteiger partial charge in [0.2, 0.25) is 0 Å². The van der Waals surface area contributed by atoms with Gasteiger partial charge in [0, 0.05) is 6.20 Å². The van der Waals surface area contributed by atoms with Crippen LogP contribution in [0.3, 0.4) is 0 Å². The van der Waals surface area contributed by atoms with Crippen LogP contribution in [0.2, 0.25) is 0 Å². The quantitative estimate of drug-likeness (QED) is 0.768. The van der Waals surface area contributed by atoms with E-state index in [0.29, 0.717) is 5.69 Å². The zero-order valence-corrected chi connectivity index (χ0v) is 8.19. The molecule has 0 fully saturated rings. The molecular weight excluding hydrogens is 204 g/mol. The predicted molar refractivity (Wildman–Crippen MR) is 48.1 cm³/mol. The molecule has 6 nitrogen and oxygen atoms in total. The molecule has 0 unspecified atom stereocenters. The summed E-state index contributed by atoms with van der Waals surface area (Å²) in [6.07, 6.45) is 5.27. The van der Waals surface area contributed by atoms with Crippen molar-refractivity contribution in [1.29, 1.82) is 0 Å². The maximum absolute atomic E-state index is 11.8. The first-order chi connectivity index (χ1) is 6.60. The molecular formula is C7H8N4O2S. The average Bonchev–Trinajstić information content (AvgIpc) is 2.72. The third-order valence-corrected chi connectivity index (χ3v) is 3.25. The number of hydrogen-bond acceptors (Lipinski definition) is 4. The number of aryl methyl sites for hydroxylation is 1. The molecule has 0 saturated carbocycles. The highest BCUT2D eigenvalue weighted by Crippen LogP contribution is 2.09. The van der Waals surface area contributed by atoms with Crippen LogP contribution in [0.4, 0.5) is 0 Å². The Hall–Kier alpha value is -1.63. The zero-order valence-electron chi connectivity index (χ0n) is 7.38. The van der Waals surface area contributed by atoms with Crippen molar-refractivity contribution in [2.75, 3.05) is 0 Å². The van der Waals surface area contributed by atoms with Gasteiger partial charge in [-0.15, -0.1) is 0 Å². The fourth-order valence-corrected chi connectivity index (χ4v) is 2.11. The molecule has 1 N–H and O–H groups in total. The summed E-state index contributed by atoms with van der Waals surface area (Å²) in [6.45, 7) is 1.72. The van der Waals surface area contributed by atoms with Crippen LogP contribution in [0, 0.1) is 6.92 Å². The first kappa shape index (κ1) is 8.95. The highest BCUT2D eigenvalue weighted by molar-refractivity contribution is 7.89. The smallest absolute Gasteiger partial charge is 0.286 e. The van der Waals surface area contributed by atoms with Crippen LogP contribution < -0.4 is 0 Å². The highest BCUT2D eigenvalue weighted by atomic mass is 32.2. The normalized spacial score (nSPS) is 11.8. The van der Waals surface area contributed by atoms with Crippen molar-refractivity contribution in [3.8, 4) is 0 Å². The minimum atomic E-state index is -3.54. The van der Waals surface area contributed by atoms with Gasteiger partial charge in [-0.05, 0) is 6.92 Å². The van der Waals surface area contributed by atoms with Crippen molar-refractivity contribution in [1.82, 2.24) is 18.9 Å². The van der Waals surface area contributed by atoms with Gasteiger partial charge in [-0.1, -0.05) is 0 Å². The van der Waals surface area contributed by atoms with Crippen molar-refractivity contribution >= 4 is 10.0 Å². The Bertz CT molecular complexity index is 526. The minimum Gasteiger partial charge on any atom is -0.334 e. The molecule has 2 aromatic rings. The molecule has 0 aromatic carbocycles. The van der Waals surface area contributed by atoms with Crippen LogP contribution in [0.1, 0.15) is 5.69 Å². The van der Waals surface area contributed by atoms with Crippen LogP contribution in [0.25, 0.3) is 0 Å². The fraction of sp³-hybridized carbons (Fsp3) is 0.143. The van der Waals surface area contributed by atoms with Gasteiger partial charge >= 0.3 is 0 Å². The second-order valence-electron chi connectivity index (χ2n) is 2.77. The number of H-pyrrole nitrogens is 1. The van der Waals surface area contributed by atoms with Crippen molar-refractivity contribution < 1.29 is 8.42 Å². The van der Waals surface area contributed by atoms with Gasteiger partial charge in [-0.2, -0.15) is 8.42 Å². The molecule has 0 amide bonds. The topological polar surface area (TPSA) is 80.6 Å². The van der Waals surface area contributed by atoms with E-state index in [9.17, 15) is 8.42 Å². The Balaban J connectivity index is 2.54. The Morgan fingerprint density at radius 2 is 2.29 bits per heavy atom. The third kappa shape index (κ3) is 1.31. The molecule has 7 heteroatoms. The van der Waals surface area contributed by atoms with Crippen molar-refractivity contribution in [2.45, 2.75) is 11.9 Å².